The van der Waals surface area contributed by atoms with Crippen LogP contribution in [-0.4, -0.2) is 16.0 Å². The molecular formula is C14H14ClN3. The van der Waals surface area contributed by atoms with Crippen LogP contribution in [-0.2, 0) is 6.54 Å². The maximum atomic E-state index is 6.29. The normalized spacial score (nSPS) is 14.7. The first-order valence-electron chi connectivity index (χ1n) is 6.11. The van der Waals surface area contributed by atoms with Crippen molar-refractivity contribution < 1.29 is 0 Å². The number of aromatic nitrogens is 2. The van der Waals surface area contributed by atoms with Gasteiger partial charge in [-0.1, -0.05) is 23.7 Å². The Bertz CT molecular complexity index is 538. The Morgan fingerprint density at radius 2 is 2.17 bits per heavy atom. The van der Waals surface area contributed by atoms with E-state index in [-0.39, 0.29) is 0 Å². The van der Waals surface area contributed by atoms with Crippen molar-refractivity contribution in [3.05, 3.63) is 47.4 Å². The second-order valence-electron chi connectivity index (χ2n) is 4.55. The molecule has 0 saturated heterocycles. The highest BCUT2D eigenvalue weighted by molar-refractivity contribution is 6.31. The van der Waals surface area contributed by atoms with Gasteiger partial charge in [0, 0.05) is 35.6 Å². The van der Waals surface area contributed by atoms with E-state index in [1.54, 1.807) is 18.6 Å². The molecule has 0 bridgehead atoms. The maximum Gasteiger partial charge on any atom is 0.0885 e. The molecule has 1 aromatic carbocycles. The van der Waals surface area contributed by atoms with Crippen molar-refractivity contribution in [1.82, 2.24) is 15.3 Å². The second-order valence-corrected chi connectivity index (χ2v) is 4.96. The highest BCUT2D eigenvalue weighted by atomic mass is 35.5. The molecule has 1 fully saturated rings. The number of halogens is 1. The summed E-state index contributed by atoms with van der Waals surface area (Å²) in [6, 6.07) is 6.75. The second kappa shape index (κ2) is 5.04. The van der Waals surface area contributed by atoms with E-state index in [4.69, 9.17) is 11.6 Å². The summed E-state index contributed by atoms with van der Waals surface area (Å²) in [5.41, 5.74) is 2.99. The summed E-state index contributed by atoms with van der Waals surface area (Å²) in [4.78, 5) is 8.33. The average Bonchev–Trinajstić information content (AvgIpc) is 3.22. The predicted octanol–water partition coefficient (Wildman–Crippen LogP) is 3.05. The molecule has 1 saturated carbocycles. The third kappa shape index (κ3) is 2.68. The minimum atomic E-state index is 0.695. The van der Waals surface area contributed by atoms with Crippen LogP contribution in [0.15, 0.2) is 36.8 Å². The van der Waals surface area contributed by atoms with Gasteiger partial charge in [0.2, 0.25) is 0 Å². The molecule has 4 heteroatoms. The van der Waals surface area contributed by atoms with Gasteiger partial charge in [0.05, 0.1) is 11.9 Å². The lowest BCUT2D eigenvalue weighted by Crippen LogP contribution is -2.15. The molecule has 3 rings (SSSR count). The molecule has 0 unspecified atom stereocenters. The smallest absolute Gasteiger partial charge is 0.0885 e. The van der Waals surface area contributed by atoms with Crippen LogP contribution < -0.4 is 5.32 Å². The van der Waals surface area contributed by atoms with Crippen LogP contribution in [0.4, 0.5) is 0 Å². The zero-order chi connectivity index (χ0) is 12.4. The van der Waals surface area contributed by atoms with E-state index in [1.165, 1.54) is 12.8 Å². The predicted molar refractivity (Wildman–Crippen MR) is 72.3 cm³/mol. The van der Waals surface area contributed by atoms with Gasteiger partial charge in [-0.2, -0.15) is 0 Å². The lowest BCUT2D eigenvalue weighted by atomic mass is 10.1. The van der Waals surface area contributed by atoms with Crippen LogP contribution >= 0.6 is 11.6 Å². The van der Waals surface area contributed by atoms with E-state index in [0.717, 1.165) is 28.4 Å². The maximum absolute atomic E-state index is 6.29. The summed E-state index contributed by atoms with van der Waals surface area (Å²) >= 11 is 6.29. The Kier molecular flexibility index (Phi) is 3.26. The molecule has 0 radical (unpaired) electrons. The molecular weight excluding hydrogens is 246 g/mol. The van der Waals surface area contributed by atoms with Gasteiger partial charge < -0.3 is 5.32 Å². The molecule has 0 aliphatic heterocycles. The fourth-order valence-corrected chi connectivity index (χ4v) is 2.09. The molecule has 18 heavy (non-hydrogen) atoms. The lowest BCUT2D eigenvalue weighted by Gasteiger charge is -2.07. The summed E-state index contributed by atoms with van der Waals surface area (Å²) in [6.45, 7) is 0.838. The van der Waals surface area contributed by atoms with Crippen LogP contribution in [0.25, 0.3) is 11.3 Å². The number of hydrogen-bond acceptors (Lipinski definition) is 3. The van der Waals surface area contributed by atoms with E-state index in [9.17, 15) is 0 Å². The van der Waals surface area contributed by atoms with Crippen molar-refractivity contribution >= 4 is 11.6 Å². The van der Waals surface area contributed by atoms with Crippen molar-refractivity contribution in [3.8, 4) is 11.3 Å². The Hall–Kier alpha value is -1.45. The van der Waals surface area contributed by atoms with E-state index in [1.807, 2.05) is 12.1 Å². The molecule has 3 nitrogen and oxygen atoms in total. The van der Waals surface area contributed by atoms with E-state index in [0.29, 0.717) is 6.04 Å². The molecule has 0 amide bonds. The van der Waals surface area contributed by atoms with Gasteiger partial charge >= 0.3 is 0 Å². The molecule has 1 aliphatic rings. The fourth-order valence-electron chi connectivity index (χ4n) is 1.84. The van der Waals surface area contributed by atoms with Crippen molar-refractivity contribution in [2.75, 3.05) is 0 Å². The number of nitrogens with one attached hydrogen (secondary N) is 1. The topological polar surface area (TPSA) is 37.8 Å². The number of rotatable bonds is 4. The minimum Gasteiger partial charge on any atom is -0.310 e. The first-order chi connectivity index (χ1) is 8.83. The molecule has 1 aliphatic carbocycles. The summed E-state index contributed by atoms with van der Waals surface area (Å²) in [5.74, 6) is 0. The van der Waals surface area contributed by atoms with Gasteiger partial charge in [-0.3, -0.25) is 9.97 Å². The first-order valence-corrected chi connectivity index (χ1v) is 6.49. The molecule has 2 aromatic rings. The fraction of sp³-hybridized carbons (Fsp3) is 0.286. The van der Waals surface area contributed by atoms with E-state index >= 15 is 0 Å². The van der Waals surface area contributed by atoms with Crippen LogP contribution in [0.2, 0.25) is 5.02 Å². The van der Waals surface area contributed by atoms with Gasteiger partial charge in [-0.05, 0) is 24.5 Å². The Labute approximate surface area is 111 Å². The summed E-state index contributed by atoms with van der Waals surface area (Å²) < 4.78 is 0. The third-order valence-electron chi connectivity index (χ3n) is 3.07. The van der Waals surface area contributed by atoms with Crippen molar-refractivity contribution in [2.24, 2.45) is 0 Å². The van der Waals surface area contributed by atoms with E-state index < -0.39 is 0 Å². The lowest BCUT2D eigenvalue weighted by molar-refractivity contribution is 0.688. The quantitative estimate of drug-likeness (QED) is 0.917. The monoisotopic (exact) mass is 259 g/mol. The number of hydrogen-bond donors (Lipinski definition) is 1. The molecule has 0 atom stereocenters. The van der Waals surface area contributed by atoms with Crippen LogP contribution in [0, 0.1) is 0 Å². The zero-order valence-electron chi connectivity index (χ0n) is 9.94. The van der Waals surface area contributed by atoms with Gasteiger partial charge in [0.1, 0.15) is 0 Å². The third-order valence-corrected chi connectivity index (χ3v) is 3.42. The minimum absolute atomic E-state index is 0.695. The average molecular weight is 260 g/mol. The Balaban J connectivity index is 1.79. The highest BCUT2D eigenvalue weighted by Gasteiger charge is 2.20. The molecule has 1 aromatic heterocycles. The van der Waals surface area contributed by atoms with Crippen molar-refractivity contribution in [1.29, 1.82) is 0 Å². The van der Waals surface area contributed by atoms with E-state index in [2.05, 4.69) is 21.4 Å². The van der Waals surface area contributed by atoms with Crippen LogP contribution in [0.3, 0.4) is 0 Å². The highest BCUT2D eigenvalue weighted by Crippen LogP contribution is 2.25. The van der Waals surface area contributed by atoms with Crippen LogP contribution in [0.5, 0.6) is 0 Å². The molecule has 1 heterocycles. The van der Waals surface area contributed by atoms with Gasteiger partial charge in [0.25, 0.3) is 0 Å². The Morgan fingerprint density at radius 1 is 1.28 bits per heavy atom. The summed E-state index contributed by atoms with van der Waals surface area (Å²) in [7, 11) is 0. The van der Waals surface area contributed by atoms with Gasteiger partial charge in [-0.15, -0.1) is 0 Å². The number of nitrogens with zero attached hydrogens (tertiary/aromatic N) is 2. The van der Waals surface area contributed by atoms with Crippen LogP contribution in [0.1, 0.15) is 18.4 Å². The first kappa shape index (κ1) is 11.6. The molecule has 0 spiro atoms. The van der Waals surface area contributed by atoms with Gasteiger partial charge in [0.15, 0.2) is 0 Å². The van der Waals surface area contributed by atoms with Crippen molar-refractivity contribution in [2.45, 2.75) is 25.4 Å². The molecule has 1 N–H and O–H groups in total. The van der Waals surface area contributed by atoms with Crippen molar-refractivity contribution in [3.63, 3.8) is 0 Å². The molecule has 92 valence electrons. The standard InChI is InChI=1S/C14H14ClN3/c15-13-7-10(14-9-16-5-6-17-14)1-2-11(13)8-18-12-3-4-12/h1-2,5-7,9,12,18H,3-4,8H2. The zero-order valence-corrected chi connectivity index (χ0v) is 10.7. The SMILES string of the molecule is Clc1cc(-c2cnccn2)ccc1CNC1CC1. The summed E-state index contributed by atoms with van der Waals surface area (Å²) in [5, 5.41) is 4.24. The Morgan fingerprint density at radius 3 is 2.83 bits per heavy atom. The van der Waals surface area contributed by atoms with Gasteiger partial charge in [-0.25, -0.2) is 0 Å². The largest absolute Gasteiger partial charge is 0.310 e. The summed E-state index contributed by atoms with van der Waals surface area (Å²) in [6.07, 6.45) is 7.67. The number of benzene rings is 1.